The predicted molar refractivity (Wildman–Crippen MR) is 57.1 cm³/mol. The number of alkyl halides is 3. The maximum absolute atomic E-state index is 12.1. The smallest absolute Gasteiger partial charge is 0.389 e. The summed E-state index contributed by atoms with van der Waals surface area (Å²) in [6.45, 7) is 2.10. The third-order valence-electron chi connectivity index (χ3n) is 3.72. The second kappa shape index (κ2) is 5.39. The molecule has 0 aromatic heterocycles. The van der Waals surface area contributed by atoms with Gasteiger partial charge in [0.05, 0.1) is 5.60 Å². The highest BCUT2D eigenvalue weighted by atomic mass is 19.4. The molecule has 1 N–H and O–H groups in total. The molecule has 0 saturated heterocycles. The van der Waals surface area contributed by atoms with Crippen LogP contribution in [-0.2, 0) is 0 Å². The van der Waals surface area contributed by atoms with Crippen molar-refractivity contribution in [2.45, 2.75) is 70.1 Å². The van der Waals surface area contributed by atoms with Crippen molar-refractivity contribution in [1.82, 2.24) is 0 Å². The summed E-state index contributed by atoms with van der Waals surface area (Å²) >= 11 is 0. The number of hydrogen-bond acceptors (Lipinski definition) is 1. The van der Waals surface area contributed by atoms with E-state index in [1.165, 1.54) is 0 Å². The Labute approximate surface area is 95.0 Å². The maximum atomic E-state index is 12.1. The third kappa shape index (κ3) is 4.73. The minimum Gasteiger partial charge on any atom is -0.390 e. The van der Waals surface area contributed by atoms with Crippen molar-refractivity contribution in [2.75, 3.05) is 0 Å². The van der Waals surface area contributed by atoms with Crippen molar-refractivity contribution in [3.8, 4) is 0 Å². The van der Waals surface area contributed by atoms with Crippen LogP contribution >= 0.6 is 0 Å². The Kier molecular flexibility index (Phi) is 4.65. The second-order valence-electron chi connectivity index (χ2n) is 5.04. The highest BCUT2D eigenvalue weighted by molar-refractivity contribution is 4.83. The van der Waals surface area contributed by atoms with E-state index in [9.17, 15) is 18.3 Å². The summed E-state index contributed by atoms with van der Waals surface area (Å²) in [5.74, 6) is 0.583. The standard InChI is InChI=1S/C12H21F3O/c1-2-10-4-3-6-11(16,7-5-10)8-9-12(13,14)15/h10,16H,2-9H2,1H3. The first-order chi connectivity index (χ1) is 7.35. The van der Waals surface area contributed by atoms with Crippen LogP contribution in [0, 0.1) is 5.92 Å². The first-order valence-corrected chi connectivity index (χ1v) is 6.14. The van der Waals surface area contributed by atoms with Gasteiger partial charge in [-0.05, 0) is 31.6 Å². The van der Waals surface area contributed by atoms with E-state index in [1.54, 1.807) is 0 Å². The highest BCUT2D eigenvalue weighted by Gasteiger charge is 2.35. The molecule has 1 aliphatic rings. The maximum Gasteiger partial charge on any atom is 0.389 e. The summed E-state index contributed by atoms with van der Waals surface area (Å²) in [7, 11) is 0. The molecule has 0 aromatic rings. The normalized spacial score (nSPS) is 32.4. The fraction of sp³-hybridized carbons (Fsp3) is 1.00. The van der Waals surface area contributed by atoms with Crippen LogP contribution in [0.25, 0.3) is 0 Å². The van der Waals surface area contributed by atoms with E-state index < -0.39 is 18.2 Å². The lowest BCUT2D eigenvalue weighted by atomic mass is 9.88. The van der Waals surface area contributed by atoms with Crippen LogP contribution in [-0.4, -0.2) is 16.9 Å². The van der Waals surface area contributed by atoms with E-state index in [-0.39, 0.29) is 6.42 Å². The zero-order valence-corrected chi connectivity index (χ0v) is 9.82. The molecule has 2 unspecified atom stereocenters. The van der Waals surface area contributed by atoms with Gasteiger partial charge in [-0.3, -0.25) is 0 Å². The van der Waals surface area contributed by atoms with Gasteiger partial charge in [0.25, 0.3) is 0 Å². The van der Waals surface area contributed by atoms with Gasteiger partial charge in [0.1, 0.15) is 0 Å². The monoisotopic (exact) mass is 238 g/mol. The zero-order valence-electron chi connectivity index (χ0n) is 9.82. The third-order valence-corrected chi connectivity index (χ3v) is 3.72. The molecule has 0 amide bonds. The Hall–Kier alpha value is -0.250. The molecule has 2 atom stereocenters. The highest BCUT2D eigenvalue weighted by Crippen LogP contribution is 2.36. The SMILES string of the molecule is CCC1CCCC(O)(CCC(F)(F)F)CC1. The lowest BCUT2D eigenvalue weighted by Gasteiger charge is -2.27. The van der Waals surface area contributed by atoms with Crippen molar-refractivity contribution in [3.05, 3.63) is 0 Å². The lowest BCUT2D eigenvalue weighted by molar-refractivity contribution is -0.147. The second-order valence-corrected chi connectivity index (χ2v) is 5.04. The van der Waals surface area contributed by atoms with Crippen LogP contribution in [0.5, 0.6) is 0 Å². The van der Waals surface area contributed by atoms with Crippen LogP contribution < -0.4 is 0 Å². The molecule has 1 saturated carbocycles. The first-order valence-electron chi connectivity index (χ1n) is 6.14. The van der Waals surface area contributed by atoms with Crippen LogP contribution in [0.2, 0.25) is 0 Å². The molecule has 0 bridgehead atoms. The van der Waals surface area contributed by atoms with E-state index in [4.69, 9.17) is 0 Å². The van der Waals surface area contributed by atoms with Crippen molar-refractivity contribution < 1.29 is 18.3 Å². The van der Waals surface area contributed by atoms with E-state index in [2.05, 4.69) is 6.92 Å². The van der Waals surface area contributed by atoms with E-state index >= 15 is 0 Å². The number of rotatable bonds is 3. The van der Waals surface area contributed by atoms with Gasteiger partial charge < -0.3 is 5.11 Å². The van der Waals surface area contributed by atoms with Gasteiger partial charge in [0, 0.05) is 6.42 Å². The molecule has 4 heteroatoms. The average Bonchev–Trinajstić information content (AvgIpc) is 2.37. The van der Waals surface area contributed by atoms with Crippen LogP contribution in [0.4, 0.5) is 13.2 Å². The van der Waals surface area contributed by atoms with E-state index in [0.717, 1.165) is 25.7 Å². The molecular formula is C12H21F3O. The molecular weight excluding hydrogens is 217 g/mol. The summed E-state index contributed by atoms with van der Waals surface area (Å²) in [6.07, 6.45) is -0.252. The first kappa shape index (κ1) is 13.8. The molecule has 16 heavy (non-hydrogen) atoms. The van der Waals surface area contributed by atoms with Crippen LogP contribution in [0.15, 0.2) is 0 Å². The molecule has 1 aliphatic carbocycles. The fourth-order valence-corrected chi connectivity index (χ4v) is 2.49. The largest absolute Gasteiger partial charge is 0.390 e. The number of hydrogen-bond donors (Lipinski definition) is 1. The molecule has 0 aromatic carbocycles. The Morgan fingerprint density at radius 2 is 1.94 bits per heavy atom. The molecule has 96 valence electrons. The van der Waals surface area contributed by atoms with Crippen LogP contribution in [0.3, 0.4) is 0 Å². The van der Waals surface area contributed by atoms with E-state index in [0.29, 0.717) is 18.8 Å². The Bertz CT molecular complexity index is 215. The van der Waals surface area contributed by atoms with Crippen molar-refractivity contribution in [3.63, 3.8) is 0 Å². The summed E-state index contributed by atoms with van der Waals surface area (Å²) in [5, 5.41) is 10.1. The Morgan fingerprint density at radius 3 is 2.50 bits per heavy atom. The average molecular weight is 238 g/mol. The molecule has 0 radical (unpaired) electrons. The molecule has 1 fully saturated rings. The van der Waals surface area contributed by atoms with Crippen molar-refractivity contribution in [2.24, 2.45) is 5.92 Å². The van der Waals surface area contributed by atoms with Gasteiger partial charge in [-0.15, -0.1) is 0 Å². The molecule has 0 spiro atoms. The van der Waals surface area contributed by atoms with Gasteiger partial charge in [-0.1, -0.05) is 26.2 Å². The molecule has 0 heterocycles. The quantitative estimate of drug-likeness (QED) is 0.735. The summed E-state index contributed by atoms with van der Waals surface area (Å²) in [6, 6.07) is 0. The van der Waals surface area contributed by atoms with Gasteiger partial charge >= 0.3 is 6.18 Å². The van der Waals surface area contributed by atoms with Gasteiger partial charge in [-0.2, -0.15) is 13.2 Å². The zero-order chi connectivity index (χ0) is 12.2. The van der Waals surface area contributed by atoms with Gasteiger partial charge in [0.15, 0.2) is 0 Å². The summed E-state index contributed by atoms with van der Waals surface area (Å²) in [5.41, 5.74) is -1.07. The molecule has 0 aliphatic heterocycles. The van der Waals surface area contributed by atoms with Crippen molar-refractivity contribution in [1.29, 1.82) is 0 Å². The molecule has 1 nitrogen and oxygen atoms in total. The van der Waals surface area contributed by atoms with Crippen molar-refractivity contribution >= 4 is 0 Å². The summed E-state index contributed by atoms with van der Waals surface area (Å²) in [4.78, 5) is 0. The van der Waals surface area contributed by atoms with Gasteiger partial charge in [0.2, 0.25) is 0 Å². The fourth-order valence-electron chi connectivity index (χ4n) is 2.49. The molecule has 1 rings (SSSR count). The predicted octanol–water partition coefficient (Wildman–Crippen LogP) is 4.05. The minimum atomic E-state index is -4.15. The Morgan fingerprint density at radius 1 is 1.25 bits per heavy atom. The summed E-state index contributed by atoms with van der Waals surface area (Å²) < 4.78 is 36.3. The lowest BCUT2D eigenvalue weighted by Crippen LogP contribution is -2.29. The number of halogens is 3. The Balaban J connectivity index is 2.44. The number of aliphatic hydroxyl groups is 1. The minimum absolute atomic E-state index is 0.132. The topological polar surface area (TPSA) is 20.2 Å². The van der Waals surface area contributed by atoms with Crippen LogP contribution in [0.1, 0.15) is 58.3 Å². The van der Waals surface area contributed by atoms with E-state index in [1.807, 2.05) is 0 Å². The van der Waals surface area contributed by atoms with Gasteiger partial charge in [-0.25, -0.2) is 0 Å².